The lowest BCUT2D eigenvalue weighted by atomic mass is 9.86. The summed E-state index contributed by atoms with van der Waals surface area (Å²) in [4.78, 5) is 11.7. The Bertz CT molecular complexity index is 319. The van der Waals surface area contributed by atoms with Gasteiger partial charge in [-0.25, -0.2) is 4.79 Å². The molecule has 1 atom stereocenters. The molecule has 2 aliphatic rings. The third-order valence-corrected chi connectivity index (χ3v) is 4.92. The van der Waals surface area contributed by atoms with Gasteiger partial charge in [0.1, 0.15) is 0 Å². The van der Waals surface area contributed by atoms with Crippen molar-refractivity contribution in [3.05, 3.63) is 0 Å². The van der Waals surface area contributed by atoms with Crippen LogP contribution in [-0.2, 0) is 19.0 Å². The first-order valence-corrected chi connectivity index (χ1v) is 9.16. The molecular weight excluding hydrogens is 280 g/mol. The molecule has 4 heteroatoms. The maximum Gasteiger partial charge on any atom is 0.340 e. The van der Waals surface area contributed by atoms with Gasteiger partial charge < -0.3 is 14.2 Å². The van der Waals surface area contributed by atoms with E-state index in [-0.39, 0.29) is 5.97 Å². The third-order valence-electron chi connectivity index (χ3n) is 4.92. The van der Waals surface area contributed by atoms with Gasteiger partial charge >= 0.3 is 5.97 Å². The summed E-state index contributed by atoms with van der Waals surface area (Å²) in [5.41, 5.74) is -0.684. The number of rotatable bonds is 11. The van der Waals surface area contributed by atoms with Crippen LogP contribution in [0.15, 0.2) is 0 Å². The monoisotopic (exact) mass is 312 g/mol. The number of unbranched alkanes of at least 4 members (excludes halogenated alkanes) is 2. The second kappa shape index (κ2) is 9.51. The fraction of sp³-hybridized carbons (Fsp3) is 0.944. The first kappa shape index (κ1) is 17.7. The molecule has 1 saturated heterocycles. The molecule has 0 aromatic rings. The predicted octanol–water partition coefficient (Wildman–Crippen LogP) is 3.87. The van der Waals surface area contributed by atoms with E-state index in [9.17, 15) is 4.79 Å². The number of ether oxygens (including phenoxy) is 3. The van der Waals surface area contributed by atoms with Crippen LogP contribution in [-0.4, -0.2) is 38.0 Å². The van der Waals surface area contributed by atoms with Crippen molar-refractivity contribution in [3.8, 4) is 0 Å². The van der Waals surface area contributed by atoms with E-state index >= 15 is 0 Å². The first-order valence-electron chi connectivity index (χ1n) is 9.16. The van der Waals surface area contributed by atoms with Crippen molar-refractivity contribution in [2.24, 2.45) is 5.92 Å². The second-order valence-corrected chi connectivity index (χ2v) is 6.72. The van der Waals surface area contributed by atoms with E-state index in [0.717, 1.165) is 18.9 Å². The molecule has 22 heavy (non-hydrogen) atoms. The van der Waals surface area contributed by atoms with Crippen LogP contribution < -0.4 is 0 Å². The van der Waals surface area contributed by atoms with Gasteiger partial charge in [-0.1, -0.05) is 51.4 Å². The quantitative estimate of drug-likeness (QED) is 0.330. The summed E-state index contributed by atoms with van der Waals surface area (Å²) in [6, 6.07) is 0. The summed E-state index contributed by atoms with van der Waals surface area (Å²) in [7, 11) is 0. The van der Waals surface area contributed by atoms with Crippen molar-refractivity contribution >= 4 is 5.97 Å². The van der Waals surface area contributed by atoms with Crippen LogP contribution in [0.3, 0.4) is 0 Å². The lowest BCUT2D eigenvalue weighted by Crippen LogP contribution is -2.28. The minimum absolute atomic E-state index is 0.230. The van der Waals surface area contributed by atoms with Crippen molar-refractivity contribution in [1.82, 2.24) is 0 Å². The summed E-state index contributed by atoms with van der Waals surface area (Å²) in [5.74, 6) is 0.761. The topological polar surface area (TPSA) is 48.1 Å². The summed E-state index contributed by atoms with van der Waals surface area (Å²) in [6.45, 7) is 4.09. The highest BCUT2D eigenvalue weighted by Crippen LogP contribution is 2.32. The minimum atomic E-state index is -0.684. The average Bonchev–Trinajstić information content (AvgIpc) is 3.32. The molecule has 0 spiro atoms. The van der Waals surface area contributed by atoms with Gasteiger partial charge in [0, 0.05) is 19.6 Å². The highest BCUT2D eigenvalue weighted by Gasteiger charge is 2.53. The Kier molecular flexibility index (Phi) is 7.67. The minimum Gasteiger partial charge on any atom is -0.464 e. The third kappa shape index (κ3) is 5.88. The van der Waals surface area contributed by atoms with Crippen molar-refractivity contribution in [3.63, 3.8) is 0 Å². The zero-order valence-electron chi connectivity index (χ0n) is 14.1. The Hall–Kier alpha value is -0.610. The van der Waals surface area contributed by atoms with Gasteiger partial charge in [-0.2, -0.15) is 0 Å². The normalized spacial score (nSPS) is 25.1. The highest BCUT2D eigenvalue weighted by molar-refractivity contribution is 5.82. The number of hydrogen-bond acceptors (Lipinski definition) is 4. The standard InChI is InChI=1S/C18H32O4/c1-2-21-17(19)18(15-22-18)12-14-20-13-8-4-7-11-16-9-5-3-6-10-16/h16H,2-15H2,1H3. The molecule has 1 saturated carbocycles. The van der Waals surface area contributed by atoms with Crippen LogP contribution in [0.5, 0.6) is 0 Å². The van der Waals surface area contributed by atoms with Crippen LogP contribution in [0.2, 0.25) is 0 Å². The molecule has 2 fully saturated rings. The van der Waals surface area contributed by atoms with Gasteiger partial charge in [-0.05, 0) is 19.3 Å². The van der Waals surface area contributed by atoms with Crippen molar-refractivity contribution in [1.29, 1.82) is 0 Å². The summed E-state index contributed by atoms with van der Waals surface area (Å²) >= 11 is 0. The van der Waals surface area contributed by atoms with E-state index in [1.165, 1.54) is 51.4 Å². The van der Waals surface area contributed by atoms with Gasteiger partial charge in [0.2, 0.25) is 0 Å². The number of carbonyl (C=O) groups is 1. The van der Waals surface area contributed by atoms with Crippen molar-refractivity contribution < 1.29 is 19.0 Å². The summed E-state index contributed by atoms with van der Waals surface area (Å²) in [5, 5.41) is 0. The van der Waals surface area contributed by atoms with Gasteiger partial charge in [0.15, 0.2) is 5.60 Å². The molecular formula is C18H32O4. The number of carbonyl (C=O) groups excluding carboxylic acids is 1. The van der Waals surface area contributed by atoms with E-state index in [0.29, 0.717) is 26.2 Å². The Labute approximate surface area is 134 Å². The Balaban J connectivity index is 1.40. The number of hydrogen-bond donors (Lipinski definition) is 0. The SMILES string of the molecule is CCOC(=O)C1(CCOCCCCCC2CCCCC2)CO1. The summed E-state index contributed by atoms with van der Waals surface area (Å²) < 4.78 is 15.9. The molecule has 1 aliphatic carbocycles. The maximum atomic E-state index is 11.7. The predicted molar refractivity (Wildman–Crippen MR) is 85.8 cm³/mol. The van der Waals surface area contributed by atoms with Crippen molar-refractivity contribution in [2.75, 3.05) is 26.4 Å². The van der Waals surface area contributed by atoms with Crippen LogP contribution in [0.1, 0.15) is 71.1 Å². The molecule has 0 amide bonds. The van der Waals surface area contributed by atoms with Crippen LogP contribution in [0.4, 0.5) is 0 Å². The van der Waals surface area contributed by atoms with E-state index in [1.807, 2.05) is 6.92 Å². The second-order valence-electron chi connectivity index (χ2n) is 6.72. The Morgan fingerprint density at radius 2 is 1.91 bits per heavy atom. The van der Waals surface area contributed by atoms with Crippen LogP contribution >= 0.6 is 0 Å². The number of esters is 1. The lowest BCUT2D eigenvalue weighted by molar-refractivity contribution is -0.150. The lowest BCUT2D eigenvalue weighted by Gasteiger charge is -2.21. The molecule has 1 heterocycles. The molecule has 0 N–H and O–H groups in total. The van der Waals surface area contributed by atoms with Gasteiger partial charge in [0.05, 0.1) is 13.2 Å². The fourth-order valence-corrected chi connectivity index (χ4v) is 3.34. The van der Waals surface area contributed by atoms with Gasteiger partial charge in [0.25, 0.3) is 0 Å². The first-order chi connectivity index (χ1) is 10.8. The molecule has 0 radical (unpaired) electrons. The molecule has 1 aliphatic heterocycles. The molecule has 0 bridgehead atoms. The zero-order chi connectivity index (χ0) is 15.7. The highest BCUT2D eigenvalue weighted by atomic mass is 16.6. The molecule has 0 aromatic carbocycles. The van der Waals surface area contributed by atoms with Crippen molar-refractivity contribution in [2.45, 2.75) is 76.7 Å². The zero-order valence-corrected chi connectivity index (χ0v) is 14.1. The molecule has 4 nitrogen and oxygen atoms in total. The fourth-order valence-electron chi connectivity index (χ4n) is 3.34. The molecule has 0 aromatic heterocycles. The molecule has 2 rings (SSSR count). The van der Waals surface area contributed by atoms with Gasteiger partial charge in [-0.15, -0.1) is 0 Å². The van der Waals surface area contributed by atoms with E-state index in [2.05, 4.69) is 0 Å². The Morgan fingerprint density at radius 3 is 2.59 bits per heavy atom. The molecule has 128 valence electrons. The molecule has 1 unspecified atom stereocenters. The smallest absolute Gasteiger partial charge is 0.340 e. The van der Waals surface area contributed by atoms with E-state index < -0.39 is 5.60 Å². The maximum absolute atomic E-state index is 11.7. The van der Waals surface area contributed by atoms with Crippen LogP contribution in [0.25, 0.3) is 0 Å². The largest absolute Gasteiger partial charge is 0.464 e. The van der Waals surface area contributed by atoms with E-state index in [4.69, 9.17) is 14.2 Å². The summed E-state index contributed by atoms with van der Waals surface area (Å²) in [6.07, 6.45) is 13.0. The Morgan fingerprint density at radius 1 is 1.14 bits per heavy atom. The number of epoxide rings is 1. The van der Waals surface area contributed by atoms with Crippen LogP contribution in [0, 0.1) is 5.92 Å². The van der Waals surface area contributed by atoms with Gasteiger partial charge in [-0.3, -0.25) is 0 Å². The van der Waals surface area contributed by atoms with E-state index in [1.54, 1.807) is 0 Å². The average molecular weight is 312 g/mol.